The summed E-state index contributed by atoms with van der Waals surface area (Å²) in [6.45, 7) is 1.83. The minimum Gasteiger partial charge on any atom is -0.347 e. The van der Waals surface area contributed by atoms with E-state index in [4.69, 9.17) is 4.98 Å². The number of hydrogen-bond donors (Lipinski definition) is 0. The van der Waals surface area contributed by atoms with E-state index < -0.39 is 0 Å². The van der Waals surface area contributed by atoms with Crippen molar-refractivity contribution in [2.45, 2.75) is 25.4 Å². The van der Waals surface area contributed by atoms with Gasteiger partial charge in [0.2, 0.25) is 5.95 Å². The summed E-state index contributed by atoms with van der Waals surface area (Å²) in [5.41, 5.74) is 3.86. The van der Waals surface area contributed by atoms with Gasteiger partial charge in [-0.05, 0) is 37.1 Å². The van der Waals surface area contributed by atoms with E-state index in [-0.39, 0.29) is 11.9 Å². The fourth-order valence-corrected chi connectivity index (χ4v) is 3.85. The summed E-state index contributed by atoms with van der Waals surface area (Å²) in [7, 11) is 5.80. The zero-order chi connectivity index (χ0) is 19.7. The Morgan fingerprint density at radius 1 is 1.25 bits per heavy atom. The van der Waals surface area contributed by atoms with E-state index in [9.17, 15) is 4.39 Å². The van der Waals surface area contributed by atoms with E-state index in [0.29, 0.717) is 5.95 Å². The molecule has 0 N–H and O–H groups in total. The Kier molecular flexibility index (Phi) is 5.09. The topological polar surface area (TPSA) is 50.1 Å². The van der Waals surface area contributed by atoms with E-state index in [0.717, 1.165) is 42.8 Å². The number of halogens is 1. The lowest BCUT2D eigenvalue weighted by Gasteiger charge is -2.26. The lowest BCUT2D eigenvalue weighted by atomic mass is 9.99. The van der Waals surface area contributed by atoms with Crippen LogP contribution in [-0.4, -0.2) is 45.3 Å². The monoisotopic (exact) mass is 380 g/mol. The zero-order valence-electron chi connectivity index (χ0n) is 16.5. The van der Waals surface area contributed by atoms with Crippen molar-refractivity contribution in [2.24, 2.45) is 7.05 Å². The lowest BCUT2D eigenvalue weighted by Crippen LogP contribution is -2.25. The molecule has 0 spiro atoms. The van der Waals surface area contributed by atoms with Gasteiger partial charge >= 0.3 is 0 Å². The average Bonchev–Trinajstić information content (AvgIpc) is 3.30. The molecule has 3 heterocycles. The van der Waals surface area contributed by atoms with Gasteiger partial charge in [0, 0.05) is 51.2 Å². The first-order chi connectivity index (χ1) is 13.5. The summed E-state index contributed by atoms with van der Waals surface area (Å²) >= 11 is 0. The molecule has 1 atom stereocenters. The van der Waals surface area contributed by atoms with Gasteiger partial charge in [-0.25, -0.2) is 14.4 Å². The Morgan fingerprint density at radius 2 is 2.11 bits per heavy atom. The second-order valence-corrected chi connectivity index (χ2v) is 7.52. The Hall–Kier alpha value is -2.80. The number of hydrogen-bond acceptors (Lipinski definition) is 5. The van der Waals surface area contributed by atoms with Gasteiger partial charge in [0.1, 0.15) is 5.82 Å². The van der Waals surface area contributed by atoms with E-state index in [1.54, 1.807) is 12.1 Å². The quantitative estimate of drug-likeness (QED) is 0.679. The maximum absolute atomic E-state index is 13.9. The SMILES string of the molecule is CN(C)c1ncc(-c2cccc(F)c2)c([C@@H]2CCCN2Cc2cnn(C)c2)n1. The molecule has 6 nitrogen and oxygen atoms in total. The molecule has 1 saturated heterocycles. The molecule has 0 unspecified atom stereocenters. The maximum atomic E-state index is 13.9. The predicted octanol–water partition coefficient (Wildman–Crippen LogP) is 3.42. The van der Waals surface area contributed by atoms with Gasteiger partial charge in [-0.1, -0.05) is 12.1 Å². The molecule has 0 radical (unpaired) electrons. The van der Waals surface area contributed by atoms with Crippen LogP contribution in [-0.2, 0) is 13.6 Å². The number of rotatable bonds is 5. The molecule has 3 aromatic rings. The highest BCUT2D eigenvalue weighted by atomic mass is 19.1. The second-order valence-electron chi connectivity index (χ2n) is 7.52. The second kappa shape index (κ2) is 7.67. The van der Waals surface area contributed by atoms with Crippen molar-refractivity contribution < 1.29 is 4.39 Å². The molecule has 28 heavy (non-hydrogen) atoms. The third-order valence-corrected chi connectivity index (χ3v) is 5.16. The summed E-state index contributed by atoms with van der Waals surface area (Å²) in [6, 6.07) is 6.83. The minimum absolute atomic E-state index is 0.167. The fourth-order valence-electron chi connectivity index (χ4n) is 3.85. The largest absolute Gasteiger partial charge is 0.347 e. The third kappa shape index (κ3) is 3.75. The van der Waals surface area contributed by atoms with Crippen molar-refractivity contribution in [3.8, 4) is 11.1 Å². The highest BCUT2D eigenvalue weighted by molar-refractivity contribution is 5.66. The van der Waals surface area contributed by atoms with Crippen LogP contribution in [0.25, 0.3) is 11.1 Å². The standard InChI is InChI=1S/C21H25FN6/c1-26(2)21-23-12-18(16-6-4-7-17(22)10-16)20(25-21)19-8-5-9-28(19)14-15-11-24-27(3)13-15/h4,6-7,10-13,19H,5,8-9,14H2,1-3H3/t19-/m0/s1. The molecular weight excluding hydrogens is 355 g/mol. The number of aryl methyl sites for hydroxylation is 1. The van der Waals surface area contributed by atoms with Gasteiger partial charge in [-0.2, -0.15) is 5.10 Å². The molecule has 0 saturated carbocycles. The van der Waals surface area contributed by atoms with E-state index in [2.05, 4.69) is 15.0 Å². The maximum Gasteiger partial charge on any atom is 0.225 e. The summed E-state index contributed by atoms with van der Waals surface area (Å²) in [6.07, 6.45) is 7.91. The smallest absolute Gasteiger partial charge is 0.225 e. The molecule has 4 rings (SSSR count). The van der Waals surface area contributed by atoms with Crippen LogP contribution in [0.1, 0.15) is 30.1 Å². The van der Waals surface area contributed by atoms with Gasteiger partial charge in [0.25, 0.3) is 0 Å². The normalized spacial score (nSPS) is 17.2. The van der Waals surface area contributed by atoms with Crippen LogP contribution in [0.3, 0.4) is 0 Å². The summed E-state index contributed by atoms with van der Waals surface area (Å²) in [5, 5.41) is 4.28. The van der Waals surface area contributed by atoms with E-state index >= 15 is 0 Å². The van der Waals surface area contributed by atoms with Crippen LogP contribution < -0.4 is 4.90 Å². The molecule has 1 aliphatic rings. The Bertz CT molecular complexity index is 967. The molecule has 7 heteroatoms. The van der Waals surface area contributed by atoms with Crippen molar-refractivity contribution in [1.29, 1.82) is 0 Å². The number of nitrogens with zero attached hydrogens (tertiary/aromatic N) is 6. The van der Waals surface area contributed by atoms with Crippen molar-refractivity contribution in [3.05, 3.63) is 59.9 Å². The van der Waals surface area contributed by atoms with Crippen LogP contribution in [0.4, 0.5) is 10.3 Å². The Morgan fingerprint density at radius 3 is 2.82 bits per heavy atom. The number of anilines is 1. The Balaban J connectivity index is 1.74. The predicted molar refractivity (Wildman–Crippen MR) is 107 cm³/mol. The molecule has 0 bridgehead atoms. The summed E-state index contributed by atoms with van der Waals surface area (Å²) in [4.78, 5) is 13.7. The molecule has 146 valence electrons. The zero-order valence-corrected chi connectivity index (χ0v) is 16.5. The molecule has 1 aromatic carbocycles. The van der Waals surface area contributed by atoms with Crippen LogP contribution in [0.5, 0.6) is 0 Å². The van der Waals surface area contributed by atoms with Gasteiger partial charge in [-0.3, -0.25) is 9.58 Å². The molecule has 1 aliphatic heterocycles. The summed E-state index contributed by atoms with van der Waals surface area (Å²) < 4.78 is 15.7. The molecule has 1 fully saturated rings. The minimum atomic E-state index is -0.251. The molecular formula is C21H25FN6. The average molecular weight is 380 g/mol. The highest BCUT2D eigenvalue weighted by Crippen LogP contribution is 2.38. The van der Waals surface area contributed by atoms with Gasteiger partial charge in [-0.15, -0.1) is 0 Å². The van der Waals surface area contributed by atoms with E-state index in [1.807, 2.05) is 55.4 Å². The first-order valence-electron chi connectivity index (χ1n) is 9.53. The van der Waals surface area contributed by atoms with Crippen molar-refractivity contribution in [1.82, 2.24) is 24.6 Å². The van der Waals surface area contributed by atoms with Crippen molar-refractivity contribution >= 4 is 5.95 Å². The number of likely N-dealkylation sites (tertiary alicyclic amines) is 1. The van der Waals surface area contributed by atoms with Crippen LogP contribution in [0.15, 0.2) is 42.9 Å². The van der Waals surface area contributed by atoms with Crippen LogP contribution in [0, 0.1) is 5.82 Å². The molecule has 0 aliphatic carbocycles. The first kappa shape index (κ1) is 18.6. The number of benzene rings is 1. The first-order valence-corrected chi connectivity index (χ1v) is 9.53. The Labute approximate surface area is 164 Å². The highest BCUT2D eigenvalue weighted by Gasteiger charge is 2.30. The third-order valence-electron chi connectivity index (χ3n) is 5.16. The van der Waals surface area contributed by atoms with Crippen LogP contribution in [0.2, 0.25) is 0 Å². The number of aromatic nitrogens is 4. The van der Waals surface area contributed by atoms with Crippen LogP contribution >= 0.6 is 0 Å². The van der Waals surface area contributed by atoms with Crippen molar-refractivity contribution in [3.63, 3.8) is 0 Å². The fraction of sp³-hybridized carbons (Fsp3) is 0.381. The van der Waals surface area contributed by atoms with Gasteiger partial charge in [0.15, 0.2) is 0 Å². The van der Waals surface area contributed by atoms with E-state index in [1.165, 1.54) is 11.6 Å². The molecule has 0 amide bonds. The summed E-state index contributed by atoms with van der Waals surface area (Å²) in [5.74, 6) is 0.419. The lowest BCUT2D eigenvalue weighted by molar-refractivity contribution is 0.245. The van der Waals surface area contributed by atoms with Crippen molar-refractivity contribution in [2.75, 3.05) is 25.5 Å². The molecule has 2 aromatic heterocycles. The van der Waals surface area contributed by atoms with Gasteiger partial charge in [0.05, 0.1) is 17.9 Å². The van der Waals surface area contributed by atoms with Gasteiger partial charge < -0.3 is 4.90 Å².